The zero-order valence-corrected chi connectivity index (χ0v) is 20.4. The van der Waals surface area contributed by atoms with Crippen molar-refractivity contribution < 1.29 is 14.3 Å². The Bertz CT molecular complexity index is 1410. The van der Waals surface area contributed by atoms with E-state index in [1.165, 1.54) is 11.3 Å². The molecule has 35 heavy (non-hydrogen) atoms. The lowest BCUT2D eigenvalue weighted by atomic mass is 10.0. The van der Waals surface area contributed by atoms with Crippen molar-refractivity contribution in [2.45, 2.75) is 39.0 Å². The summed E-state index contributed by atoms with van der Waals surface area (Å²) >= 11 is 1.48. The van der Waals surface area contributed by atoms with Crippen molar-refractivity contribution in [1.82, 2.24) is 4.98 Å². The Morgan fingerprint density at radius 1 is 1.06 bits per heavy atom. The highest BCUT2D eigenvalue weighted by molar-refractivity contribution is 7.17. The van der Waals surface area contributed by atoms with Crippen LogP contribution < -0.4 is 15.8 Å². The van der Waals surface area contributed by atoms with Gasteiger partial charge in [-0.25, -0.2) is 4.98 Å². The maximum atomic E-state index is 13.6. The fourth-order valence-electron chi connectivity index (χ4n) is 4.66. The number of para-hydroxylation sites is 1. The topological polar surface area (TPSA) is 94.3 Å². The SMILES string of the molecule is CCOc1ccc(-c2cc(C(=O)Nc3sc4c(c3C(N)=O)CCCCC4)c3ccccc3n2)cc1. The average molecular weight is 486 g/mol. The molecule has 5 rings (SSSR count). The van der Waals surface area contributed by atoms with E-state index in [0.717, 1.165) is 64.8 Å². The molecule has 4 aromatic rings. The number of primary amides is 1. The molecule has 0 saturated heterocycles. The number of nitrogens with two attached hydrogens (primary N) is 1. The van der Waals surface area contributed by atoms with Crippen LogP contribution in [-0.2, 0) is 12.8 Å². The molecule has 1 aliphatic carbocycles. The second-order valence-corrected chi connectivity index (χ2v) is 9.72. The van der Waals surface area contributed by atoms with E-state index in [1.54, 1.807) is 6.07 Å². The van der Waals surface area contributed by atoms with E-state index in [0.29, 0.717) is 28.4 Å². The van der Waals surface area contributed by atoms with Gasteiger partial charge in [0.1, 0.15) is 10.8 Å². The standard InChI is InChI=1S/C28H27N3O3S/c1-2-34-18-14-12-17(13-15-18)23-16-21(19-8-6-7-10-22(19)30-23)27(33)31-28-25(26(29)32)20-9-4-3-5-11-24(20)35-28/h6-8,10,12-16H,2-5,9,11H2,1H3,(H2,29,32)(H,31,33). The first kappa shape index (κ1) is 23.1. The molecule has 178 valence electrons. The number of aromatic nitrogens is 1. The summed E-state index contributed by atoms with van der Waals surface area (Å²) < 4.78 is 5.55. The van der Waals surface area contributed by atoms with Crippen LogP contribution in [0.4, 0.5) is 5.00 Å². The number of carbonyl (C=O) groups is 2. The first-order valence-corrected chi connectivity index (χ1v) is 12.8. The molecule has 3 N–H and O–H groups in total. The number of benzene rings is 2. The predicted octanol–water partition coefficient (Wildman–Crippen LogP) is 5.98. The van der Waals surface area contributed by atoms with Gasteiger partial charge in [-0.1, -0.05) is 24.6 Å². The van der Waals surface area contributed by atoms with Crippen molar-refractivity contribution in [3.63, 3.8) is 0 Å². The fraction of sp³-hybridized carbons (Fsp3) is 0.250. The Labute approximate surface area is 208 Å². The highest BCUT2D eigenvalue weighted by Gasteiger charge is 2.25. The second-order valence-electron chi connectivity index (χ2n) is 8.62. The Kier molecular flexibility index (Phi) is 6.51. The zero-order valence-electron chi connectivity index (χ0n) is 19.6. The van der Waals surface area contributed by atoms with Crippen LogP contribution in [0, 0.1) is 0 Å². The third kappa shape index (κ3) is 4.64. The number of nitrogens with zero attached hydrogens (tertiary/aromatic N) is 1. The number of carbonyl (C=O) groups excluding carboxylic acids is 2. The number of amides is 2. The molecule has 0 bridgehead atoms. The minimum absolute atomic E-state index is 0.283. The molecule has 0 spiro atoms. The number of ether oxygens (including phenoxy) is 1. The third-order valence-electron chi connectivity index (χ3n) is 6.32. The molecular weight excluding hydrogens is 458 g/mol. The van der Waals surface area contributed by atoms with Gasteiger partial charge in [-0.3, -0.25) is 9.59 Å². The van der Waals surface area contributed by atoms with Crippen LogP contribution in [0.25, 0.3) is 22.2 Å². The summed E-state index contributed by atoms with van der Waals surface area (Å²) in [4.78, 5) is 31.9. The number of pyridine rings is 1. The lowest BCUT2D eigenvalue weighted by Crippen LogP contribution is -2.18. The lowest BCUT2D eigenvalue weighted by molar-refractivity contribution is 0.100. The van der Waals surface area contributed by atoms with Crippen LogP contribution in [0.3, 0.4) is 0 Å². The molecule has 0 radical (unpaired) electrons. The van der Waals surface area contributed by atoms with Gasteiger partial charge in [-0.2, -0.15) is 0 Å². The molecule has 0 saturated carbocycles. The molecule has 1 aliphatic rings. The monoisotopic (exact) mass is 485 g/mol. The van der Waals surface area contributed by atoms with Crippen LogP contribution in [0.1, 0.15) is 57.3 Å². The summed E-state index contributed by atoms with van der Waals surface area (Å²) in [7, 11) is 0. The van der Waals surface area contributed by atoms with E-state index in [1.807, 2.05) is 55.5 Å². The first-order chi connectivity index (χ1) is 17.0. The largest absolute Gasteiger partial charge is 0.494 e. The molecule has 2 amide bonds. The molecular formula is C28H27N3O3S. The third-order valence-corrected chi connectivity index (χ3v) is 7.52. The summed E-state index contributed by atoms with van der Waals surface area (Å²) in [5, 5.41) is 4.30. The van der Waals surface area contributed by atoms with Crippen LogP contribution in [0.5, 0.6) is 5.75 Å². The number of rotatable bonds is 6. The summed E-state index contributed by atoms with van der Waals surface area (Å²) in [5.41, 5.74) is 10.0. The molecule has 6 nitrogen and oxygen atoms in total. The number of aryl methyl sites for hydroxylation is 1. The molecule has 0 atom stereocenters. The minimum Gasteiger partial charge on any atom is -0.494 e. The van der Waals surface area contributed by atoms with Crippen LogP contribution in [0.2, 0.25) is 0 Å². The van der Waals surface area contributed by atoms with Crippen molar-refractivity contribution >= 4 is 39.1 Å². The van der Waals surface area contributed by atoms with Crippen molar-refractivity contribution in [3.8, 4) is 17.0 Å². The molecule has 7 heteroatoms. The second kappa shape index (κ2) is 9.88. The summed E-state index contributed by atoms with van der Waals surface area (Å²) in [6.45, 7) is 2.54. The van der Waals surface area contributed by atoms with Gasteiger partial charge >= 0.3 is 0 Å². The maximum Gasteiger partial charge on any atom is 0.257 e. The van der Waals surface area contributed by atoms with E-state index in [-0.39, 0.29) is 5.91 Å². The zero-order chi connectivity index (χ0) is 24.4. The smallest absolute Gasteiger partial charge is 0.257 e. The fourth-order valence-corrected chi connectivity index (χ4v) is 5.95. The Morgan fingerprint density at radius 2 is 1.83 bits per heavy atom. The summed E-state index contributed by atoms with van der Waals surface area (Å²) in [6, 6.07) is 17.0. The van der Waals surface area contributed by atoms with E-state index in [2.05, 4.69) is 5.32 Å². The number of thiophene rings is 1. The minimum atomic E-state index is -0.491. The van der Waals surface area contributed by atoms with Gasteiger partial charge in [0.2, 0.25) is 0 Å². The molecule has 0 unspecified atom stereocenters. The number of nitrogens with one attached hydrogen (secondary N) is 1. The van der Waals surface area contributed by atoms with Crippen molar-refractivity contribution in [3.05, 3.63) is 76.2 Å². The van der Waals surface area contributed by atoms with Gasteiger partial charge in [-0.15, -0.1) is 11.3 Å². The van der Waals surface area contributed by atoms with E-state index in [4.69, 9.17) is 15.5 Å². The summed E-state index contributed by atoms with van der Waals surface area (Å²) in [5.74, 6) is 0.00973. The van der Waals surface area contributed by atoms with Gasteiger partial charge in [0, 0.05) is 15.8 Å². The Morgan fingerprint density at radius 3 is 2.60 bits per heavy atom. The maximum absolute atomic E-state index is 13.6. The van der Waals surface area contributed by atoms with Crippen LogP contribution in [0.15, 0.2) is 54.6 Å². The van der Waals surface area contributed by atoms with E-state index in [9.17, 15) is 9.59 Å². The van der Waals surface area contributed by atoms with Gasteiger partial charge in [0.15, 0.2) is 0 Å². The molecule has 0 fully saturated rings. The quantitative estimate of drug-likeness (QED) is 0.328. The van der Waals surface area contributed by atoms with Gasteiger partial charge < -0.3 is 15.8 Å². The first-order valence-electron chi connectivity index (χ1n) is 11.9. The number of hydrogen-bond acceptors (Lipinski definition) is 5. The van der Waals surface area contributed by atoms with Gasteiger partial charge in [-0.05, 0) is 74.6 Å². The normalized spacial score (nSPS) is 13.2. The number of anilines is 1. The summed E-state index contributed by atoms with van der Waals surface area (Å²) in [6.07, 6.45) is 4.98. The van der Waals surface area contributed by atoms with Gasteiger partial charge in [0.05, 0.1) is 28.9 Å². The van der Waals surface area contributed by atoms with E-state index >= 15 is 0 Å². The highest BCUT2D eigenvalue weighted by Crippen LogP contribution is 2.38. The van der Waals surface area contributed by atoms with Crippen LogP contribution in [-0.4, -0.2) is 23.4 Å². The van der Waals surface area contributed by atoms with Crippen molar-refractivity contribution in [2.75, 3.05) is 11.9 Å². The molecule has 0 aliphatic heterocycles. The molecule has 2 aromatic heterocycles. The average Bonchev–Trinajstić information content (AvgIpc) is 3.04. The van der Waals surface area contributed by atoms with Crippen LogP contribution >= 0.6 is 11.3 Å². The number of fused-ring (bicyclic) bond motifs is 2. The predicted molar refractivity (Wildman–Crippen MR) is 140 cm³/mol. The Hall–Kier alpha value is -3.71. The number of hydrogen-bond donors (Lipinski definition) is 2. The molecule has 2 heterocycles. The van der Waals surface area contributed by atoms with Crippen molar-refractivity contribution in [1.29, 1.82) is 0 Å². The highest BCUT2D eigenvalue weighted by atomic mass is 32.1. The van der Waals surface area contributed by atoms with Crippen molar-refractivity contribution in [2.24, 2.45) is 5.73 Å². The Balaban J connectivity index is 1.54. The van der Waals surface area contributed by atoms with Gasteiger partial charge in [0.25, 0.3) is 11.8 Å². The molecule has 2 aromatic carbocycles. The van der Waals surface area contributed by atoms with E-state index < -0.39 is 5.91 Å². The lowest BCUT2D eigenvalue weighted by Gasteiger charge is -2.11.